The summed E-state index contributed by atoms with van der Waals surface area (Å²) in [5.41, 5.74) is 2.75. The third kappa shape index (κ3) is 3.79. The Morgan fingerprint density at radius 3 is 2.50 bits per heavy atom. The van der Waals surface area contributed by atoms with Crippen LogP contribution in [0.15, 0.2) is 48.5 Å². The van der Waals surface area contributed by atoms with E-state index in [1.807, 2.05) is 31.2 Å². The van der Waals surface area contributed by atoms with Crippen LogP contribution >= 0.6 is 0 Å². The van der Waals surface area contributed by atoms with Crippen molar-refractivity contribution in [1.29, 1.82) is 0 Å². The number of aryl methyl sites for hydroxylation is 1. The Balaban J connectivity index is 1.60. The molecule has 0 spiro atoms. The van der Waals surface area contributed by atoms with Gasteiger partial charge in [0.25, 0.3) is 0 Å². The van der Waals surface area contributed by atoms with Gasteiger partial charge in [0.2, 0.25) is 11.8 Å². The maximum atomic E-state index is 12.9. The first kappa shape index (κ1) is 16.2. The normalized spacial score (nSPS) is 17.2. The quantitative estimate of drug-likeness (QED) is 0.938. The van der Waals surface area contributed by atoms with Gasteiger partial charge in [-0.3, -0.25) is 9.59 Å². The van der Waals surface area contributed by atoms with Crippen molar-refractivity contribution >= 4 is 17.5 Å². The maximum Gasteiger partial charge on any atom is 0.229 e. The standard InChI is InChI=1S/C19H19FN2O2/c1-13-2-4-14(5-3-13)11-22-12-15(10-18(22)23)19(24)21-17-8-6-16(20)7-9-17/h2-9,15H,10-12H2,1H3,(H,21,24). The van der Waals surface area contributed by atoms with Crippen molar-refractivity contribution in [2.45, 2.75) is 19.9 Å². The molecule has 1 fully saturated rings. The molecule has 2 aromatic rings. The Hall–Kier alpha value is -2.69. The number of nitrogens with zero attached hydrogens (tertiary/aromatic N) is 1. The Bertz CT molecular complexity index is 741. The zero-order valence-corrected chi connectivity index (χ0v) is 13.5. The van der Waals surface area contributed by atoms with E-state index < -0.39 is 0 Å². The number of carbonyl (C=O) groups excluding carboxylic acids is 2. The second-order valence-electron chi connectivity index (χ2n) is 6.16. The van der Waals surface area contributed by atoms with Crippen LogP contribution in [-0.2, 0) is 16.1 Å². The van der Waals surface area contributed by atoms with Gasteiger partial charge in [-0.05, 0) is 36.8 Å². The van der Waals surface area contributed by atoms with Crippen molar-refractivity contribution in [3.63, 3.8) is 0 Å². The first-order chi connectivity index (χ1) is 11.5. The van der Waals surface area contributed by atoms with E-state index in [2.05, 4.69) is 5.32 Å². The first-order valence-corrected chi connectivity index (χ1v) is 7.91. The summed E-state index contributed by atoms with van der Waals surface area (Å²) in [5, 5.41) is 2.74. The van der Waals surface area contributed by atoms with E-state index in [-0.39, 0.29) is 30.0 Å². The van der Waals surface area contributed by atoms with Crippen molar-refractivity contribution in [2.75, 3.05) is 11.9 Å². The molecule has 0 radical (unpaired) electrons. The number of nitrogens with one attached hydrogen (secondary N) is 1. The van der Waals surface area contributed by atoms with Gasteiger partial charge in [0.05, 0.1) is 5.92 Å². The second-order valence-corrected chi connectivity index (χ2v) is 6.16. The van der Waals surface area contributed by atoms with E-state index in [1.54, 1.807) is 4.90 Å². The molecule has 1 N–H and O–H groups in total. The number of halogens is 1. The molecule has 4 nitrogen and oxygen atoms in total. The molecule has 0 aromatic heterocycles. The Morgan fingerprint density at radius 2 is 1.83 bits per heavy atom. The zero-order valence-electron chi connectivity index (χ0n) is 13.5. The highest BCUT2D eigenvalue weighted by atomic mass is 19.1. The van der Waals surface area contributed by atoms with E-state index >= 15 is 0 Å². The van der Waals surface area contributed by atoms with Crippen LogP contribution in [0.5, 0.6) is 0 Å². The smallest absolute Gasteiger partial charge is 0.229 e. The molecule has 0 bridgehead atoms. The molecule has 0 saturated carbocycles. The fourth-order valence-electron chi connectivity index (χ4n) is 2.79. The van der Waals surface area contributed by atoms with Crippen LogP contribution in [0.25, 0.3) is 0 Å². The molecule has 1 unspecified atom stereocenters. The summed E-state index contributed by atoms with van der Waals surface area (Å²) in [6.45, 7) is 2.93. The average Bonchev–Trinajstić information content (AvgIpc) is 2.93. The van der Waals surface area contributed by atoms with Gasteiger partial charge in [-0.25, -0.2) is 4.39 Å². The fraction of sp³-hybridized carbons (Fsp3) is 0.263. The van der Waals surface area contributed by atoms with Crippen LogP contribution in [0.2, 0.25) is 0 Å². The Morgan fingerprint density at radius 1 is 1.17 bits per heavy atom. The molecule has 2 amide bonds. The monoisotopic (exact) mass is 326 g/mol. The minimum atomic E-state index is -0.381. The molecule has 1 heterocycles. The fourth-order valence-corrected chi connectivity index (χ4v) is 2.79. The molecule has 1 saturated heterocycles. The molecular weight excluding hydrogens is 307 g/mol. The van der Waals surface area contributed by atoms with E-state index in [4.69, 9.17) is 0 Å². The van der Waals surface area contributed by atoms with Gasteiger partial charge in [0, 0.05) is 25.2 Å². The van der Waals surface area contributed by atoms with Crippen LogP contribution in [0, 0.1) is 18.7 Å². The summed E-state index contributed by atoms with van der Waals surface area (Å²) in [6.07, 6.45) is 0.207. The lowest BCUT2D eigenvalue weighted by Gasteiger charge is -2.17. The van der Waals surface area contributed by atoms with Crippen LogP contribution in [0.1, 0.15) is 17.5 Å². The van der Waals surface area contributed by atoms with Gasteiger partial charge in [0.15, 0.2) is 0 Å². The van der Waals surface area contributed by atoms with Crippen LogP contribution < -0.4 is 5.32 Å². The molecule has 0 aliphatic carbocycles. The van der Waals surface area contributed by atoms with Crippen molar-refractivity contribution in [3.05, 3.63) is 65.5 Å². The third-order valence-electron chi connectivity index (χ3n) is 4.19. The van der Waals surface area contributed by atoms with Crippen molar-refractivity contribution in [3.8, 4) is 0 Å². The molecule has 1 atom stereocenters. The van der Waals surface area contributed by atoms with Crippen molar-refractivity contribution in [2.24, 2.45) is 5.92 Å². The maximum absolute atomic E-state index is 12.9. The number of hydrogen-bond acceptors (Lipinski definition) is 2. The molecule has 1 aliphatic heterocycles. The lowest BCUT2D eigenvalue weighted by Crippen LogP contribution is -2.28. The summed E-state index contributed by atoms with van der Waals surface area (Å²) in [4.78, 5) is 26.2. The van der Waals surface area contributed by atoms with Crippen LogP contribution in [0.4, 0.5) is 10.1 Å². The minimum Gasteiger partial charge on any atom is -0.338 e. The molecule has 3 rings (SSSR count). The van der Waals surface area contributed by atoms with E-state index in [0.29, 0.717) is 18.8 Å². The highest BCUT2D eigenvalue weighted by Gasteiger charge is 2.34. The lowest BCUT2D eigenvalue weighted by atomic mass is 10.1. The molecule has 2 aromatic carbocycles. The van der Waals surface area contributed by atoms with Crippen molar-refractivity contribution in [1.82, 2.24) is 4.90 Å². The first-order valence-electron chi connectivity index (χ1n) is 7.91. The number of hydrogen-bond donors (Lipinski definition) is 1. The predicted octanol–water partition coefficient (Wildman–Crippen LogP) is 3.12. The molecule has 24 heavy (non-hydrogen) atoms. The van der Waals surface area contributed by atoms with Gasteiger partial charge in [-0.15, -0.1) is 0 Å². The SMILES string of the molecule is Cc1ccc(CN2CC(C(=O)Nc3ccc(F)cc3)CC2=O)cc1. The third-order valence-corrected chi connectivity index (χ3v) is 4.19. The molecule has 124 valence electrons. The van der Waals surface area contributed by atoms with Gasteiger partial charge in [-0.2, -0.15) is 0 Å². The van der Waals surface area contributed by atoms with E-state index in [0.717, 1.165) is 5.56 Å². The summed E-state index contributed by atoms with van der Waals surface area (Å²) < 4.78 is 12.9. The highest BCUT2D eigenvalue weighted by Crippen LogP contribution is 2.22. The highest BCUT2D eigenvalue weighted by molar-refractivity contribution is 5.97. The Labute approximate surface area is 140 Å². The number of anilines is 1. The van der Waals surface area contributed by atoms with Crippen LogP contribution in [0.3, 0.4) is 0 Å². The predicted molar refractivity (Wildman–Crippen MR) is 89.7 cm³/mol. The lowest BCUT2D eigenvalue weighted by molar-refractivity contribution is -0.128. The second kappa shape index (κ2) is 6.83. The topological polar surface area (TPSA) is 49.4 Å². The molecule has 5 heteroatoms. The number of benzene rings is 2. The van der Waals surface area contributed by atoms with Gasteiger partial charge in [-0.1, -0.05) is 29.8 Å². The summed E-state index contributed by atoms with van der Waals surface area (Å²) in [7, 11) is 0. The van der Waals surface area contributed by atoms with Gasteiger partial charge >= 0.3 is 0 Å². The van der Waals surface area contributed by atoms with E-state index in [9.17, 15) is 14.0 Å². The van der Waals surface area contributed by atoms with Gasteiger partial charge in [0.1, 0.15) is 5.82 Å². The van der Waals surface area contributed by atoms with Crippen molar-refractivity contribution < 1.29 is 14.0 Å². The Kier molecular flexibility index (Phi) is 4.60. The number of carbonyl (C=O) groups is 2. The molecular formula is C19H19FN2O2. The number of likely N-dealkylation sites (tertiary alicyclic amines) is 1. The summed E-state index contributed by atoms with van der Waals surface area (Å²) >= 11 is 0. The van der Waals surface area contributed by atoms with E-state index in [1.165, 1.54) is 29.8 Å². The summed E-state index contributed by atoms with van der Waals surface area (Å²) in [5.74, 6) is -0.961. The van der Waals surface area contributed by atoms with Crippen LogP contribution in [-0.4, -0.2) is 23.3 Å². The number of amides is 2. The largest absolute Gasteiger partial charge is 0.338 e. The van der Waals surface area contributed by atoms with Gasteiger partial charge < -0.3 is 10.2 Å². The zero-order chi connectivity index (χ0) is 17.1. The minimum absolute atomic E-state index is 0.0187. The number of rotatable bonds is 4. The molecule has 1 aliphatic rings. The average molecular weight is 326 g/mol. The summed E-state index contributed by atoms with van der Waals surface area (Å²) in [6, 6.07) is 13.6.